The van der Waals surface area contributed by atoms with E-state index in [1.807, 2.05) is 7.05 Å². The smallest absolute Gasteiger partial charge is 0.191 e. The van der Waals surface area contributed by atoms with Crippen LogP contribution in [-0.4, -0.2) is 40.9 Å². The lowest BCUT2D eigenvalue weighted by Gasteiger charge is -2.16. The lowest BCUT2D eigenvalue weighted by atomic mass is 10.1. The first-order valence-electron chi connectivity index (χ1n) is 12.1. The van der Waals surface area contributed by atoms with E-state index in [2.05, 4.69) is 69.4 Å². The van der Waals surface area contributed by atoms with Crippen LogP contribution in [0, 0.1) is 12.8 Å². The molecule has 33 heavy (non-hydrogen) atoms. The molecule has 0 saturated carbocycles. The molecule has 0 bridgehead atoms. The van der Waals surface area contributed by atoms with E-state index < -0.39 is 0 Å². The van der Waals surface area contributed by atoms with Gasteiger partial charge in [0.15, 0.2) is 5.96 Å². The van der Waals surface area contributed by atoms with Gasteiger partial charge in [0.05, 0.1) is 6.61 Å². The molecule has 1 aliphatic rings. The molecule has 0 spiro atoms. The molecule has 2 heterocycles. The number of rotatable bonds is 10. The van der Waals surface area contributed by atoms with Crippen LogP contribution in [0.15, 0.2) is 23.2 Å². The molecule has 1 aromatic heterocycles. The summed E-state index contributed by atoms with van der Waals surface area (Å²) < 4.78 is 8.41. The maximum atomic E-state index is 6.07. The van der Waals surface area contributed by atoms with E-state index in [0.29, 0.717) is 12.5 Å². The largest absolute Gasteiger partial charge is 0.493 e. The summed E-state index contributed by atoms with van der Waals surface area (Å²) in [5, 5.41) is 15.7. The molecule has 3 rings (SSSR count). The number of aliphatic imine (C=N–C) groups is 1. The van der Waals surface area contributed by atoms with Crippen molar-refractivity contribution in [1.29, 1.82) is 0 Å². The average molecular weight is 569 g/mol. The van der Waals surface area contributed by atoms with Gasteiger partial charge in [-0.05, 0) is 50.2 Å². The summed E-state index contributed by atoms with van der Waals surface area (Å²) in [6.45, 7) is 9.86. The van der Waals surface area contributed by atoms with E-state index >= 15 is 0 Å². The molecule has 0 aliphatic carbocycles. The molecule has 1 aliphatic heterocycles. The van der Waals surface area contributed by atoms with E-state index in [-0.39, 0.29) is 24.0 Å². The van der Waals surface area contributed by atoms with Crippen LogP contribution in [0.2, 0.25) is 0 Å². The Morgan fingerprint density at radius 2 is 2.03 bits per heavy atom. The van der Waals surface area contributed by atoms with Crippen molar-refractivity contribution in [1.82, 2.24) is 25.4 Å². The summed E-state index contributed by atoms with van der Waals surface area (Å²) >= 11 is 0. The van der Waals surface area contributed by atoms with Gasteiger partial charge in [-0.2, -0.15) is 0 Å². The SMILES string of the molecule is CN=C(NCCCc1nnc2n1CCCCC2)NCc1ccc(C)cc1OCCC(C)C.I. The summed E-state index contributed by atoms with van der Waals surface area (Å²) in [5.74, 6) is 4.68. The third-order valence-corrected chi connectivity index (χ3v) is 5.90. The summed E-state index contributed by atoms with van der Waals surface area (Å²) in [4.78, 5) is 4.37. The average Bonchev–Trinajstić information content (AvgIpc) is 2.99. The van der Waals surface area contributed by atoms with Crippen molar-refractivity contribution < 1.29 is 4.74 Å². The van der Waals surface area contributed by atoms with Crippen LogP contribution in [-0.2, 0) is 25.9 Å². The molecule has 1 aromatic carbocycles. The number of ether oxygens (including phenoxy) is 1. The molecule has 0 atom stereocenters. The summed E-state index contributed by atoms with van der Waals surface area (Å²) in [6, 6.07) is 6.39. The van der Waals surface area contributed by atoms with E-state index in [1.165, 1.54) is 24.8 Å². The standard InChI is InChI=1S/C25H40N6O.HI/c1-19(2)13-16-32-22-17-20(3)11-12-21(22)18-28-25(26-4)27-14-8-10-24-30-29-23-9-6-5-7-15-31(23)24;/h11-12,17,19H,5-10,13-16,18H2,1-4H3,(H2,26,27,28);1H. The molecular weight excluding hydrogens is 527 g/mol. The zero-order valence-electron chi connectivity index (χ0n) is 20.7. The Hall–Kier alpha value is -1.84. The van der Waals surface area contributed by atoms with Crippen molar-refractivity contribution in [3.8, 4) is 5.75 Å². The quantitative estimate of drug-likeness (QED) is 0.189. The van der Waals surface area contributed by atoms with Crippen molar-refractivity contribution in [2.75, 3.05) is 20.2 Å². The molecule has 7 nitrogen and oxygen atoms in total. The van der Waals surface area contributed by atoms with Gasteiger partial charge in [0.25, 0.3) is 0 Å². The van der Waals surface area contributed by atoms with Crippen molar-refractivity contribution in [3.63, 3.8) is 0 Å². The van der Waals surface area contributed by atoms with Gasteiger partial charge in [0.2, 0.25) is 0 Å². The summed E-state index contributed by atoms with van der Waals surface area (Å²) in [7, 11) is 1.81. The molecule has 0 amide bonds. The van der Waals surface area contributed by atoms with Crippen LogP contribution >= 0.6 is 24.0 Å². The van der Waals surface area contributed by atoms with Crippen LogP contribution in [0.5, 0.6) is 5.75 Å². The summed E-state index contributed by atoms with van der Waals surface area (Å²) in [6.07, 6.45) is 7.79. The number of hydrogen-bond donors (Lipinski definition) is 2. The number of aromatic nitrogens is 3. The Morgan fingerprint density at radius 3 is 2.82 bits per heavy atom. The predicted octanol–water partition coefficient (Wildman–Crippen LogP) is 4.65. The van der Waals surface area contributed by atoms with Gasteiger partial charge >= 0.3 is 0 Å². The van der Waals surface area contributed by atoms with Crippen LogP contribution < -0.4 is 15.4 Å². The van der Waals surface area contributed by atoms with Crippen molar-refractivity contribution in [2.24, 2.45) is 10.9 Å². The first-order valence-corrected chi connectivity index (χ1v) is 12.1. The molecule has 2 aromatic rings. The van der Waals surface area contributed by atoms with Gasteiger partial charge < -0.3 is 19.9 Å². The van der Waals surface area contributed by atoms with Crippen molar-refractivity contribution in [2.45, 2.75) is 78.8 Å². The zero-order valence-corrected chi connectivity index (χ0v) is 23.0. The highest BCUT2D eigenvalue weighted by Crippen LogP contribution is 2.21. The molecular formula is C25H41IN6O. The normalized spacial score (nSPS) is 13.8. The highest BCUT2D eigenvalue weighted by Gasteiger charge is 2.14. The minimum absolute atomic E-state index is 0. The molecule has 0 radical (unpaired) electrons. The number of halogens is 1. The number of fused-ring (bicyclic) bond motifs is 1. The first-order chi connectivity index (χ1) is 15.6. The minimum Gasteiger partial charge on any atom is -0.493 e. The molecule has 0 fully saturated rings. The molecule has 2 N–H and O–H groups in total. The van der Waals surface area contributed by atoms with Gasteiger partial charge in [-0.15, -0.1) is 34.2 Å². The molecule has 184 valence electrons. The fourth-order valence-electron chi connectivity index (χ4n) is 3.93. The molecule has 0 saturated heterocycles. The van der Waals surface area contributed by atoms with Crippen LogP contribution in [0.3, 0.4) is 0 Å². The van der Waals surface area contributed by atoms with Gasteiger partial charge in [-0.25, -0.2) is 0 Å². The predicted molar refractivity (Wildman–Crippen MR) is 146 cm³/mol. The van der Waals surface area contributed by atoms with Crippen LogP contribution in [0.4, 0.5) is 0 Å². The van der Waals surface area contributed by atoms with E-state index in [9.17, 15) is 0 Å². The number of hydrogen-bond acceptors (Lipinski definition) is 4. The van der Waals surface area contributed by atoms with Crippen molar-refractivity contribution in [3.05, 3.63) is 41.0 Å². The summed E-state index contributed by atoms with van der Waals surface area (Å²) in [5.41, 5.74) is 2.36. The fourth-order valence-corrected chi connectivity index (χ4v) is 3.93. The number of guanidine groups is 1. The van der Waals surface area contributed by atoms with Gasteiger partial charge in [-0.1, -0.05) is 32.4 Å². The number of aryl methyl sites for hydroxylation is 3. The van der Waals surface area contributed by atoms with Crippen LogP contribution in [0.1, 0.15) is 68.7 Å². The first kappa shape index (κ1) is 27.4. The second-order valence-electron chi connectivity index (χ2n) is 9.09. The second-order valence-corrected chi connectivity index (χ2v) is 9.09. The van der Waals surface area contributed by atoms with Gasteiger partial charge in [0, 0.05) is 45.1 Å². The number of nitrogens with one attached hydrogen (secondary N) is 2. The van der Waals surface area contributed by atoms with Crippen molar-refractivity contribution >= 4 is 29.9 Å². The molecule has 8 heteroatoms. The zero-order chi connectivity index (χ0) is 22.8. The topological polar surface area (TPSA) is 76.4 Å². The molecule has 0 unspecified atom stereocenters. The maximum Gasteiger partial charge on any atom is 0.191 e. The van der Waals surface area contributed by atoms with E-state index in [1.54, 1.807) is 0 Å². The Balaban J connectivity index is 0.00000385. The van der Waals surface area contributed by atoms with E-state index in [0.717, 1.165) is 74.3 Å². The fraction of sp³-hybridized carbons (Fsp3) is 0.640. The maximum absolute atomic E-state index is 6.07. The Morgan fingerprint density at radius 1 is 1.18 bits per heavy atom. The monoisotopic (exact) mass is 568 g/mol. The third-order valence-electron chi connectivity index (χ3n) is 5.90. The Bertz CT molecular complexity index is 880. The van der Waals surface area contributed by atoms with Crippen LogP contribution in [0.25, 0.3) is 0 Å². The number of benzene rings is 1. The Labute approximate surface area is 216 Å². The Kier molecular flexibility index (Phi) is 12.0. The highest BCUT2D eigenvalue weighted by molar-refractivity contribution is 14.0. The highest BCUT2D eigenvalue weighted by atomic mass is 127. The lowest BCUT2D eigenvalue weighted by molar-refractivity contribution is 0.286. The second kappa shape index (κ2) is 14.4. The number of nitrogens with zero attached hydrogens (tertiary/aromatic N) is 4. The minimum atomic E-state index is 0. The van der Waals surface area contributed by atoms with Gasteiger partial charge in [-0.3, -0.25) is 4.99 Å². The lowest BCUT2D eigenvalue weighted by Crippen LogP contribution is -2.37. The third kappa shape index (κ3) is 8.79. The van der Waals surface area contributed by atoms with E-state index in [4.69, 9.17) is 4.74 Å². The van der Waals surface area contributed by atoms with Gasteiger partial charge in [0.1, 0.15) is 17.4 Å².